The van der Waals surface area contributed by atoms with Crippen molar-refractivity contribution in [1.82, 2.24) is 5.32 Å². The molecular weight excluding hydrogens is 289 g/mol. The van der Waals surface area contributed by atoms with Gasteiger partial charge in [-0.25, -0.2) is 0 Å². The quantitative estimate of drug-likeness (QED) is 0.649. The number of carbonyl (C=O) groups excluding carboxylic acids is 2. The van der Waals surface area contributed by atoms with Crippen LogP contribution >= 0.6 is 23.2 Å². The summed E-state index contributed by atoms with van der Waals surface area (Å²) >= 11 is 11.7. The molecule has 0 saturated carbocycles. The minimum absolute atomic E-state index is 0.229. The van der Waals surface area contributed by atoms with Crippen LogP contribution in [0.25, 0.3) is 0 Å². The van der Waals surface area contributed by atoms with Gasteiger partial charge in [-0.1, -0.05) is 29.3 Å². The van der Waals surface area contributed by atoms with E-state index in [0.29, 0.717) is 30.2 Å². The second-order valence-electron chi connectivity index (χ2n) is 3.77. The third-order valence-electron chi connectivity index (χ3n) is 2.34. The lowest BCUT2D eigenvalue weighted by Crippen LogP contribution is -2.25. The van der Waals surface area contributed by atoms with Crippen LogP contribution in [0.5, 0.6) is 0 Å². The summed E-state index contributed by atoms with van der Waals surface area (Å²) in [5, 5.41) is 3.24. The Bertz CT molecular complexity index is 463. The summed E-state index contributed by atoms with van der Waals surface area (Å²) in [6, 6.07) is 4.86. The number of hydrogen-bond acceptors (Lipinski definition) is 3. The smallest absolute Gasteiger partial charge is 0.305 e. The summed E-state index contributed by atoms with van der Waals surface area (Å²) in [5.41, 5.74) is 0.324. The number of hydrogen-bond donors (Lipinski definition) is 1. The first-order valence-electron chi connectivity index (χ1n) is 5.94. The molecule has 104 valence electrons. The van der Waals surface area contributed by atoms with E-state index in [1.165, 1.54) is 0 Å². The Morgan fingerprint density at radius 2 is 2.05 bits per heavy atom. The molecule has 1 amide bonds. The topological polar surface area (TPSA) is 55.4 Å². The second-order valence-corrected chi connectivity index (χ2v) is 4.55. The zero-order valence-corrected chi connectivity index (χ0v) is 12.1. The van der Waals surface area contributed by atoms with Crippen LogP contribution in [-0.4, -0.2) is 25.0 Å². The predicted molar refractivity (Wildman–Crippen MR) is 74.7 cm³/mol. The fourth-order valence-corrected chi connectivity index (χ4v) is 1.83. The van der Waals surface area contributed by atoms with E-state index in [-0.39, 0.29) is 23.3 Å². The number of rotatable bonds is 6. The van der Waals surface area contributed by atoms with Gasteiger partial charge in [-0.15, -0.1) is 0 Å². The highest BCUT2D eigenvalue weighted by Gasteiger charge is 2.12. The van der Waals surface area contributed by atoms with Crippen LogP contribution in [0.1, 0.15) is 30.1 Å². The van der Waals surface area contributed by atoms with Gasteiger partial charge in [0.1, 0.15) is 0 Å². The zero-order chi connectivity index (χ0) is 14.3. The summed E-state index contributed by atoms with van der Waals surface area (Å²) in [4.78, 5) is 22.9. The molecule has 0 aliphatic heterocycles. The molecule has 1 N–H and O–H groups in total. The second kappa shape index (κ2) is 8.02. The Labute approximate surface area is 122 Å². The Morgan fingerprint density at radius 1 is 1.32 bits per heavy atom. The molecule has 1 rings (SSSR count). The highest BCUT2D eigenvalue weighted by atomic mass is 35.5. The molecule has 1 aromatic rings. The zero-order valence-electron chi connectivity index (χ0n) is 10.5. The minimum Gasteiger partial charge on any atom is -0.466 e. The molecule has 6 heteroatoms. The molecule has 0 fully saturated rings. The van der Waals surface area contributed by atoms with E-state index in [4.69, 9.17) is 27.9 Å². The summed E-state index contributed by atoms with van der Waals surface area (Å²) < 4.78 is 4.78. The Kier molecular flexibility index (Phi) is 6.67. The third kappa shape index (κ3) is 5.09. The van der Waals surface area contributed by atoms with Gasteiger partial charge in [0, 0.05) is 13.0 Å². The van der Waals surface area contributed by atoms with Crippen LogP contribution in [0.15, 0.2) is 18.2 Å². The average molecular weight is 304 g/mol. The van der Waals surface area contributed by atoms with E-state index in [0.717, 1.165) is 0 Å². The molecule has 0 bridgehead atoms. The van der Waals surface area contributed by atoms with E-state index < -0.39 is 0 Å². The molecule has 0 aromatic heterocycles. The van der Waals surface area contributed by atoms with Crippen molar-refractivity contribution >= 4 is 35.1 Å². The fourth-order valence-electron chi connectivity index (χ4n) is 1.44. The lowest BCUT2D eigenvalue weighted by Gasteiger charge is -2.07. The van der Waals surface area contributed by atoms with Crippen LogP contribution in [0.3, 0.4) is 0 Å². The van der Waals surface area contributed by atoms with Crippen molar-refractivity contribution in [1.29, 1.82) is 0 Å². The Balaban J connectivity index is 2.40. The van der Waals surface area contributed by atoms with Crippen LogP contribution in [0.2, 0.25) is 10.0 Å². The first-order valence-corrected chi connectivity index (χ1v) is 6.69. The van der Waals surface area contributed by atoms with E-state index >= 15 is 0 Å². The maximum Gasteiger partial charge on any atom is 0.305 e. The van der Waals surface area contributed by atoms with Gasteiger partial charge in [-0.05, 0) is 25.5 Å². The molecule has 0 aliphatic carbocycles. The molecule has 0 radical (unpaired) electrons. The first kappa shape index (κ1) is 15.8. The van der Waals surface area contributed by atoms with Gasteiger partial charge in [0.2, 0.25) is 0 Å². The van der Waals surface area contributed by atoms with Crippen molar-refractivity contribution < 1.29 is 14.3 Å². The summed E-state index contributed by atoms with van der Waals surface area (Å²) in [6.07, 6.45) is 0.792. The van der Waals surface area contributed by atoms with E-state index in [9.17, 15) is 9.59 Å². The van der Waals surface area contributed by atoms with Gasteiger partial charge in [0.05, 0.1) is 22.2 Å². The Hall–Kier alpha value is -1.26. The molecule has 4 nitrogen and oxygen atoms in total. The third-order valence-corrected chi connectivity index (χ3v) is 3.16. The van der Waals surface area contributed by atoms with Gasteiger partial charge in [0.25, 0.3) is 5.91 Å². The van der Waals surface area contributed by atoms with Gasteiger partial charge in [-0.2, -0.15) is 0 Å². The summed E-state index contributed by atoms with van der Waals surface area (Å²) in [7, 11) is 0. The van der Waals surface area contributed by atoms with Crippen molar-refractivity contribution in [3.8, 4) is 0 Å². The van der Waals surface area contributed by atoms with Crippen molar-refractivity contribution in [2.24, 2.45) is 0 Å². The SMILES string of the molecule is CCOC(=O)CCCNC(=O)c1cccc(Cl)c1Cl. The first-order chi connectivity index (χ1) is 9.06. The number of nitrogens with one attached hydrogen (secondary N) is 1. The van der Waals surface area contributed by atoms with Crippen LogP contribution < -0.4 is 5.32 Å². The summed E-state index contributed by atoms with van der Waals surface area (Å²) in [5.74, 6) is -0.575. The molecule has 0 spiro atoms. The number of ether oxygens (including phenoxy) is 1. The normalized spacial score (nSPS) is 10.1. The van der Waals surface area contributed by atoms with Crippen molar-refractivity contribution in [2.75, 3.05) is 13.2 Å². The van der Waals surface area contributed by atoms with Gasteiger partial charge < -0.3 is 10.1 Å². The molecule has 0 saturated heterocycles. The molecule has 0 unspecified atom stereocenters. The number of benzene rings is 1. The van der Waals surface area contributed by atoms with Gasteiger partial charge in [0.15, 0.2) is 0 Å². The molecule has 0 heterocycles. The van der Waals surface area contributed by atoms with Crippen LogP contribution in [0.4, 0.5) is 0 Å². The number of esters is 1. The monoisotopic (exact) mass is 303 g/mol. The molecule has 1 aromatic carbocycles. The lowest BCUT2D eigenvalue weighted by atomic mass is 10.2. The van der Waals surface area contributed by atoms with E-state index in [2.05, 4.69) is 5.32 Å². The number of amides is 1. The molecule has 0 aliphatic rings. The molecule has 0 atom stereocenters. The van der Waals surface area contributed by atoms with Gasteiger partial charge in [-0.3, -0.25) is 9.59 Å². The van der Waals surface area contributed by atoms with Crippen molar-refractivity contribution in [2.45, 2.75) is 19.8 Å². The maximum absolute atomic E-state index is 11.8. The fraction of sp³-hybridized carbons (Fsp3) is 0.385. The lowest BCUT2D eigenvalue weighted by molar-refractivity contribution is -0.143. The maximum atomic E-state index is 11.8. The van der Waals surface area contributed by atoms with E-state index in [1.807, 2.05) is 0 Å². The van der Waals surface area contributed by atoms with E-state index in [1.54, 1.807) is 25.1 Å². The van der Waals surface area contributed by atoms with Crippen LogP contribution in [0, 0.1) is 0 Å². The predicted octanol–water partition coefficient (Wildman–Crippen LogP) is 3.07. The summed E-state index contributed by atoms with van der Waals surface area (Å²) in [6.45, 7) is 2.49. The average Bonchev–Trinajstić information content (AvgIpc) is 2.38. The Morgan fingerprint density at radius 3 is 2.74 bits per heavy atom. The minimum atomic E-state index is -0.309. The highest BCUT2D eigenvalue weighted by Crippen LogP contribution is 2.25. The molecule has 19 heavy (non-hydrogen) atoms. The van der Waals surface area contributed by atoms with Crippen LogP contribution in [-0.2, 0) is 9.53 Å². The highest BCUT2D eigenvalue weighted by molar-refractivity contribution is 6.43. The largest absolute Gasteiger partial charge is 0.466 e. The standard InChI is InChI=1S/C13H15Cl2NO3/c1-2-19-11(17)7-4-8-16-13(18)9-5-3-6-10(14)12(9)15/h3,5-6H,2,4,7-8H2,1H3,(H,16,18). The van der Waals surface area contributed by atoms with Crippen molar-refractivity contribution in [3.05, 3.63) is 33.8 Å². The molecular formula is C13H15Cl2NO3. The van der Waals surface area contributed by atoms with Gasteiger partial charge >= 0.3 is 5.97 Å². The number of carbonyl (C=O) groups is 2. The van der Waals surface area contributed by atoms with Crippen molar-refractivity contribution in [3.63, 3.8) is 0 Å². The number of halogens is 2.